The average molecular weight is 569 g/mol. The molecule has 184 valence electrons. The van der Waals surface area contributed by atoms with Crippen molar-refractivity contribution < 1.29 is 19.1 Å². The number of ether oxygens (including phenoxy) is 2. The summed E-state index contributed by atoms with van der Waals surface area (Å²) in [7, 11) is 1.45. The maximum absolute atomic E-state index is 12.6. The molecule has 0 radical (unpaired) electrons. The van der Waals surface area contributed by atoms with Gasteiger partial charge in [-0.05, 0) is 95.0 Å². The van der Waals surface area contributed by atoms with Crippen LogP contribution in [-0.4, -0.2) is 25.5 Å². The van der Waals surface area contributed by atoms with Gasteiger partial charge in [-0.25, -0.2) is 0 Å². The standard InChI is InChI=1S/C27H23BrClN3O4/c1-16-7-8-22(9-17(16)2)31-25(33)15-36-26-23(28)11-18(12-24(26)35-3)10-19(14-30)27(34)32-21-6-4-5-20(29)13-21/h4-13H,15H2,1-3H3,(H,31,33)(H,32,34)/b19-10-. The summed E-state index contributed by atoms with van der Waals surface area (Å²) in [6.07, 6.45) is 1.42. The first kappa shape index (κ1) is 26.8. The third-order valence-electron chi connectivity index (χ3n) is 5.15. The Morgan fingerprint density at radius 2 is 1.81 bits per heavy atom. The Bertz CT molecular complexity index is 1380. The van der Waals surface area contributed by atoms with E-state index in [1.807, 2.05) is 38.1 Å². The highest BCUT2D eigenvalue weighted by atomic mass is 79.9. The van der Waals surface area contributed by atoms with Crippen molar-refractivity contribution in [2.24, 2.45) is 0 Å². The van der Waals surface area contributed by atoms with Crippen LogP contribution in [0, 0.1) is 25.2 Å². The first-order chi connectivity index (χ1) is 17.2. The maximum Gasteiger partial charge on any atom is 0.266 e. The molecule has 0 spiro atoms. The minimum Gasteiger partial charge on any atom is -0.493 e. The summed E-state index contributed by atoms with van der Waals surface area (Å²) in [6.45, 7) is 3.72. The van der Waals surface area contributed by atoms with E-state index in [0.717, 1.165) is 11.1 Å². The number of nitriles is 1. The van der Waals surface area contributed by atoms with E-state index in [-0.39, 0.29) is 18.1 Å². The van der Waals surface area contributed by atoms with Crippen molar-refractivity contribution in [2.75, 3.05) is 24.4 Å². The number of hydrogen-bond acceptors (Lipinski definition) is 5. The number of aryl methyl sites for hydroxylation is 2. The second-order valence-corrected chi connectivity index (χ2v) is 9.10. The number of halogens is 2. The second-order valence-electron chi connectivity index (χ2n) is 7.80. The van der Waals surface area contributed by atoms with Crippen LogP contribution in [0.15, 0.2) is 64.6 Å². The molecular formula is C27H23BrClN3O4. The summed E-state index contributed by atoms with van der Waals surface area (Å²) in [5.41, 5.74) is 3.75. The summed E-state index contributed by atoms with van der Waals surface area (Å²) >= 11 is 9.37. The molecule has 36 heavy (non-hydrogen) atoms. The summed E-state index contributed by atoms with van der Waals surface area (Å²) in [5.74, 6) is -0.284. The number of benzene rings is 3. The lowest BCUT2D eigenvalue weighted by atomic mass is 10.1. The lowest BCUT2D eigenvalue weighted by Crippen LogP contribution is -2.20. The fourth-order valence-electron chi connectivity index (χ4n) is 3.20. The second kappa shape index (κ2) is 12.2. The Balaban J connectivity index is 1.73. The van der Waals surface area contributed by atoms with Gasteiger partial charge in [0.2, 0.25) is 0 Å². The van der Waals surface area contributed by atoms with E-state index in [9.17, 15) is 14.9 Å². The number of amides is 2. The number of carbonyl (C=O) groups is 2. The zero-order chi connectivity index (χ0) is 26.2. The van der Waals surface area contributed by atoms with Crippen molar-refractivity contribution >= 4 is 56.8 Å². The quantitative estimate of drug-likeness (QED) is 0.246. The van der Waals surface area contributed by atoms with E-state index in [4.69, 9.17) is 21.1 Å². The molecule has 0 heterocycles. The van der Waals surface area contributed by atoms with Crippen LogP contribution in [-0.2, 0) is 9.59 Å². The van der Waals surface area contributed by atoms with E-state index in [0.29, 0.717) is 37.9 Å². The van der Waals surface area contributed by atoms with Crippen molar-refractivity contribution in [1.29, 1.82) is 5.26 Å². The minimum atomic E-state index is -0.585. The van der Waals surface area contributed by atoms with Crippen molar-refractivity contribution in [3.8, 4) is 17.6 Å². The summed E-state index contributed by atoms with van der Waals surface area (Å²) in [4.78, 5) is 25.0. The van der Waals surface area contributed by atoms with E-state index in [2.05, 4.69) is 26.6 Å². The minimum absolute atomic E-state index is 0.120. The van der Waals surface area contributed by atoms with Gasteiger partial charge in [0.25, 0.3) is 11.8 Å². The number of nitrogens with zero attached hydrogens (tertiary/aromatic N) is 1. The van der Waals surface area contributed by atoms with Gasteiger partial charge in [-0.1, -0.05) is 23.7 Å². The molecule has 0 atom stereocenters. The third-order valence-corrected chi connectivity index (χ3v) is 5.97. The van der Waals surface area contributed by atoms with Gasteiger partial charge >= 0.3 is 0 Å². The van der Waals surface area contributed by atoms with Crippen LogP contribution in [0.5, 0.6) is 11.5 Å². The molecule has 3 rings (SSSR count). The zero-order valence-electron chi connectivity index (χ0n) is 19.8. The van der Waals surface area contributed by atoms with E-state index >= 15 is 0 Å². The Hall–Kier alpha value is -3.80. The highest BCUT2D eigenvalue weighted by Gasteiger charge is 2.16. The van der Waals surface area contributed by atoms with Crippen molar-refractivity contribution in [1.82, 2.24) is 0 Å². The summed E-state index contributed by atoms with van der Waals surface area (Å²) in [6, 6.07) is 17.4. The molecule has 9 heteroatoms. The molecular weight excluding hydrogens is 546 g/mol. The number of carbonyl (C=O) groups excluding carboxylic acids is 2. The predicted octanol–water partition coefficient (Wildman–Crippen LogP) is 6.29. The maximum atomic E-state index is 12.6. The van der Waals surface area contributed by atoms with Gasteiger partial charge in [-0.2, -0.15) is 5.26 Å². The highest BCUT2D eigenvalue weighted by Crippen LogP contribution is 2.37. The monoisotopic (exact) mass is 567 g/mol. The Kier molecular flexibility index (Phi) is 9.12. The fourth-order valence-corrected chi connectivity index (χ4v) is 3.96. The smallest absolute Gasteiger partial charge is 0.266 e. The van der Waals surface area contributed by atoms with Gasteiger partial charge in [-0.15, -0.1) is 0 Å². The normalized spacial score (nSPS) is 10.8. The van der Waals surface area contributed by atoms with Crippen LogP contribution in [0.2, 0.25) is 5.02 Å². The Morgan fingerprint density at radius 3 is 2.47 bits per heavy atom. The molecule has 0 saturated carbocycles. The molecule has 0 aliphatic carbocycles. The van der Waals surface area contributed by atoms with Gasteiger partial charge in [0.15, 0.2) is 18.1 Å². The van der Waals surface area contributed by atoms with Gasteiger partial charge in [0.1, 0.15) is 11.6 Å². The highest BCUT2D eigenvalue weighted by molar-refractivity contribution is 9.10. The van der Waals surface area contributed by atoms with Crippen LogP contribution in [0.25, 0.3) is 6.08 Å². The van der Waals surface area contributed by atoms with Crippen LogP contribution in [0.1, 0.15) is 16.7 Å². The van der Waals surface area contributed by atoms with Gasteiger partial charge < -0.3 is 20.1 Å². The first-order valence-corrected chi connectivity index (χ1v) is 11.9. The van der Waals surface area contributed by atoms with Crippen molar-refractivity contribution in [3.05, 3.63) is 86.4 Å². The number of rotatable bonds is 8. The Morgan fingerprint density at radius 1 is 1.06 bits per heavy atom. The molecule has 0 aliphatic heterocycles. The fraction of sp³-hybridized carbons (Fsp3) is 0.148. The van der Waals surface area contributed by atoms with E-state index in [1.54, 1.807) is 36.4 Å². The Labute approximate surface area is 222 Å². The van der Waals surface area contributed by atoms with Crippen LogP contribution < -0.4 is 20.1 Å². The van der Waals surface area contributed by atoms with Gasteiger partial charge in [0, 0.05) is 16.4 Å². The topological polar surface area (TPSA) is 100 Å². The number of nitrogens with one attached hydrogen (secondary N) is 2. The predicted molar refractivity (Wildman–Crippen MR) is 144 cm³/mol. The average Bonchev–Trinajstić information content (AvgIpc) is 2.83. The molecule has 0 saturated heterocycles. The molecule has 2 N–H and O–H groups in total. The zero-order valence-corrected chi connectivity index (χ0v) is 22.2. The summed E-state index contributed by atoms with van der Waals surface area (Å²) in [5, 5.41) is 15.4. The molecule has 3 aromatic rings. The van der Waals surface area contributed by atoms with E-state index in [1.165, 1.54) is 13.2 Å². The molecule has 0 bridgehead atoms. The first-order valence-electron chi connectivity index (χ1n) is 10.8. The van der Waals surface area contributed by atoms with Gasteiger partial charge in [-0.3, -0.25) is 9.59 Å². The number of hydrogen-bond donors (Lipinski definition) is 2. The largest absolute Gasteiger partial charge is 0.493 e. The van der Waals surface area contributed by atoms with Crippen LogP contribution in [0.4, 0.5) is 11.4 Å². The van der Waals surface area contributed by atoms with Crippen molar-refractivity contribution in [2.45, 2.75) is 13.8 Å². The van der Waals surface area contributed by atoms with Crippen molar-refractivity contribution in [3.63, 3.8) is 0 Å². The van der Waals surface area contributed by atoms with Crippen LogP contribution >= 0.6 is 27.5 Å². The third kappa shape index (κ3) is 7.11. The lowest BCUT2D eigenvalue weighted by Gasteiger charge is -2.14. The number of methoxy groups -OCH3 is 1. The molecule has 0 aliphatic rings. The molecule has 2 amide bonds. The van der Waals surface area contributed by atoms with Gasteiger partial charge in [0.05, 0.1) is 11.6 Å². The molecule has 0 aromatic heterocycles. The molecule has 0 fully saturated rings. The SMILES string of the molecule is COc1cc(/C=C(/C#N)C(=O)Nc2cccc(Cl)c2)cc(Br)c1OCC(=O)Nc1ccc(C)c(C)c1. The van der Waals surface area contributed by atoms with Crippen LogP contribution in [0.3, 0.4) is 0 Å². The molecule has 7 nitrogen and oxygen atoms in total. The molecule has 0 unspecified atom stereocenters. The van der Waals surface area contributed by atoms with E-state index < -0.39 is 5.91 Å². The lowest BCUT2D eigenvalue weighted by molar-refractivity contribution is -0.118. The summed E-state index contributed by atoms with van der Waals surface area (Å²) < 4.78 is 11.6. The number of anilines is 2. The molecule has 3 aromatic carbocycles.